The molecule has 0 amide bonds. The van der Waals surface area contributed by atoms with Gasteiger partial charge < -0.3 is 10.5 Å². The molecule has 0 aliphatic carbocycles. The third-order valence-corrected chi connectivity index (χ3v) is 3.26. The molecule has 0 saturated carbocycles. The van der Waals surface area contributed by atoms with Crippen LogP contribution < -0.4 is 5.73 Å². The van der Waals surface area contributed by atoms with Crippen molar-refractivity contribution in [2.75, 3.05) is 13.2 Å². The standard InChI is InChI=1S/C16H18F3NO/c17-16(18,19)11-21-9-8-14(20)10-13-6-3-5-12-4-1-2-7-15(12)13/h1-7,14H,8-11,20H2. The lowest BCUT2D eigenvalue weighted by molar-refractivity contribution is -0.174. The normalized spacial score (nSPS) is 13.5. The third kappa shape index (κ3) is 5.02. The highest BCUT2D eigenvalue weighted by atomic mass is 19.4. The van der Waals surface area contributed by atoms with E-state index in [2.05, 4.69) is 4.74 Å². The molecular formula is C16H18F3NO. The van der Waals surface area contributed by atoms with E-state index in [1.54, 1.807) is 0 Å². The number of alkyl halides is 3. The minimum Gasteiger partial charge on any atom is -0.372 e. The summed E-state index contributed by atoms with van der Waals surface area (Å²) in [5, 5.41) is 2.27. The summed E-state index contributed by atoms with van der Waals surface area (Å²) >= 11 is 0. The Hall–Kier alpha value is -1.59. The van der Waals surface area contributed by atoms with E-state index in [1.165, 1.54) is 0 Å². The van der Waals surface area contributed by atoms with Crippen molar-refractivity contribution < 1.29 is 17.9 Å². The van der Waals surface area contributed by atoms with E-state index in [1.807, 2.05) is 42.5 Å². The highest BCUT2D eigenvalue weighted by molar-refractivity contribution is 5.85. The van der Waals surface area contributed by atoms with E-state index in [-0.39, 0.29) is 12.6 Å². The number of halogens is 3. The lowest BCUT2D eigenvalue weighted by Crippen LogP contribution is -2.26. The number of fused-ring (bicyclic) bond motifs is 1. The average Bonchev–Trinajstić information content (AvgIpc) is 2.43. The predicted octanol–water partition coefficient (Wildman–Crippen LogP) is 3.68. The summed E-state index contributed by atoms with van der Waals surface area (Å²) in [6, 6.07) is 13.7. The van der Waals surface area contributed by atoms with E-state index in [0.717, 1.165) is 16.3 Å². The van der Waals surface area contributed by atoms with Crippen LogP contribution in [0.2, 0.25) is 0 Å². The maximum atomic E-state index is 11.9. The zero-order chi connectivity index (χ0) is 15.3. The van der Waals surface area contributed by atoms with Crippen molar-refractivity contribution in [3.05, 3.63) is 48.0 Å². The number of nitrogens with two attached hydrogens (primary N) is 1. The van der Waals surface area contributed by atoms with Gasteiger partial charge in [-0.05, 0) is 29.2 Å². The average molecular weight is 297 g/mol. The van der Waals surface area contributed by atoms with Gasteiger partial charge in [-0.1, -0.05) is 42.5 Å². The predicted molar refractivity (Wildman–Crippen MR) is 77.1 cm³/mol. The largest absolute Gasteiger partial charge is 0.411 e. The summed E-state index contributed by atoms with van der Waals surface area (Å²) in [4.78, 5) is 0. The summed E-state index contributed by atoms with van der Waals surface area (Å²) in [6.07, 6.45) is -3.25. The molecule has 114 valence electrons. The molecule has 21 heavy (non-hydrogen) atoms. The van der Waals surface area contributed by atoms with E-state index < -0.39 is 12.8 Å². The first kappa shape index (κ1) is 15.8. The van der Waals surface area contributed by atoms with Gasteiger partial charge in [-0.25, -0.2) is 0 Å². The molecule has 0 aromatic heterocycles. The Morgan fingerprint density at radius 2 is 1.76 bits per heavy atom. The van der Waals surface area contributed by atoms with Crippen LogP contribution in [0.25, 0.3) is 10.8 Å². The zero-order valence-corrected chi connectivity index (χ0v) is 11.6. The van der Waals surface area contributed by atoms with Gasteiger partial charge in [0.05, 0.1) is 0 Å². The molecule has 0 spiro atoms. The van der Waals surface area contributed by atoms with Crippen LogP contribution in [0.3, 0.4) is 0 Å². The Bertz CT molecular complexity index is 578. The molecule has 0 heterocycles. The molecule has 2 aromatic rings. The van der Waals surface area contributed by atoms with Crippen LogP contribution in [-0.4, -0.2) is 25.4 Å². The van der Waals surface area contributed by atoms with Crippen molar-refractivity contribution in [2.24, 2.45) is 5.73 Å². The van der Waals surface area contributed by atoms with Crippen LogP contribution in [0.1, 0.15) is 12.0 Å². The van der Waals surface area contributed by atoms with Crippen molar-refractivity contribution in [3.8, 4) is 0 Å². The number of rotatable bonds is 6. The summed E-state index contributed by atoms with van der Waals surface area (Å²) in [6.45, 7) is -1.20. The molecule has 0 aliphatic heterocycles. The number of hydrogen-bond donors (Lipinski definition) is 1. The number of ether oxygens (including phenoxy) is 1. The first-order chi connectivity index (χ1) is 9.96. The Morgan fingerprint density at radius 1 is 1.05 bits per heavy atom. The van der Waals surface area contributed by atoms with Crippen molar-refractivity contribution >= 4 is 10.8 Å². The molecule has 2 rings (SSSR count). The van der Waals surface area contributed by atoms with Crippen molar-refractivity contribution in [1.82, 2.24) is 0 Å². The minimum atomic E-state index is -4.28. The Labute approximate surface area is 121 Å². The molecule has 5 heteroatoms. The Balaban J connectivity index is 1.88. The molecule has 1 unspecified atom stereocenters. The van der Waals surface area contributed by atoms with E-state index >= 15 is 0 Å². The van der Waals surface area contributed by atoms with Crippen molar-refractivity contribution in [2.45, 2.75) is 25.1 Å². The van der Waals surface area contributed by atoms with Gasteiger partial charge in [0, 0.05) is 12.6 Å². The third-order valence-electron chi connectivity index (χ3n) is 3.26. The first-order valence-electron chi connectivity index (χ1n) is 6.82. The lowest BCUT2D eigenvalue weighted by Gasteiger charge is -2.14. The molecule has 0 radical (unpaired) electrons. The fraction of sp³-hybridized carbons (Fsp3) is 0.375. The second-order valence-electron chi connectivity index (χ2n) is 5.06. The van der Waals surface area contributed by atoms with E-state index in [9.17, 15) is 13.2 Å². The van der Waals surface area contributed by atoms with Gasteiger partial charge >= 0.3 is 6.18 Å². The highest BCUT2D eigenvalue weighted by Crippen LogP contribution is 2.20. The summed E-state index contributed by atoms with van der Waals surface area (Å²) in [5.74, 6) is 0. The van der Waals surface area contributed by atoms with Crippen LogP contribution >= 0.6 is 0 Å². The lowest BCUT2D eigenvalue weighted by atomic mass is 9.98. The van der Waals surface area contributed by atoms with Crippen LogP contribution in [0.5, 0.6) is 0 Å². The van der Waals surface area contributed by atoms with Gasteiger partial charge in [0.2, 0.25) is 0 Å². The quantitative estimate of drug-likeness (QED) is 0.826. The minimum absolute atomic E-state index is 0.0193. The first-order valence-corrected chi connectivity index (χ1v) is 6.82. The summed E-state index contributed by atoms with van der Waals surface area (Å²) in [5.41, 5.74) is 7.09. The fourth-order valence-corrected chi connectivity index (χ4v) is 2.28. The van der Waals surface area contributed by atoms with Crippen LogP contribution in [0.4, 0.5) is 13.2 Å². The molecule has 2 aromatic carbocycles. The molecule has 0 bridgehead atoms. The monoisotopic (exact) mass is 297 g/mol. The number of benzene rings is 2. The second-order valence-corrected chi connectivity index (χ2v) is 5.06. The van der Waals surface area contributed by atoms with Crippen LogP contribution in [-0.2, 0) is 11.2 Å². The summed E-state index contributed by atoms with van der Waals surface area (Å²) < 4.78 is 40.4. The van der Waals surface area contributed by atoms with Crippen LogP contribution in [0, 0.1) is 0 Å². The zero-order valence-electron chi connectivity index (χ0n) is 11.6. The molecule has 0 aliphatic rings. The summed E-state index contributed by atoms with van der Waals surface area (Å²) in [7, 11) is 0. The molecule has 0 saturated heterocycles. The number of hydrogen-bond acceptors (Lipinski definition) is 2. The van der Waals surface area contributed by atoms with E-state index in [4.69, 9.17) is 5.73 Å². The second kappa shape index (κ2) is 6.91. The van der Waals surface area contributed by atoms with Gasteiger partial charge in [0.1, 0.15) is 6.61 Å². The van der Waals surface area contributed by atoms with E-state index in [0.29, 0.717) is 12.8 Å². The topological polar surface area (TPSA) is 35.2 Å². The highest BCUT2D eigenvalue weighted by Gasteiger charge is 2.27. The maximum Gasteiger partial charge on any atom is 0.411 e. The molecule has 2 N–H and O–H groups in total. The maximum absolute atomic E-state index is 11.9. The van der Waals surface area contributed by atoms with Crippen molar-refractivity contribution in [3.63, 3.8) is 0 Å². The smallest absolute Gasteiger partial charge is 0.372 e. The molecule has 1 atom stereocenters. The van der Waals surface area contributed by atoms with Gasteiger partial charge in [-0.15, -0.1) is 0 Å². The Kier molecular flexibility index (Phi) is 5.20. The molecular weight excluding hydrogens is 279 g/mol. The van der Waals surface area contributed by atoms with Gasteiger partial charge in [0.15, 0.2) is 0 Å². The van der Waals surface area contributed by atoms with Gasteiger partial charge in [-0.3, -0.25) is 0 Å². The van der Waals surface area contributed by atoms with Crippen LogP contribution in [0.15, 0.2) is 42.5 Å². The molecule has 2 nitrogen and oxygen atoms in total. The van der Waals surface area contributed by atoms with Gasteiger partial charge in [0.25, 0.3) is 0 Å². The fourth-order valence-electron chi connectivity index (χ4n) is 2.28. The van der Waals surface area contributed by atoms with Gasteiger partial charge in [-0.2, -0.15) is 13.2 Å². The van der Waals surface area contributed by atoms with Crippen molar-refractivity contribution in [1.29, 1.82) is 0 Å². The molecule has 0 fully saturated rings. The SMILES string of the molecule is NC(CCOCC(F)(F)F)Cc1cccc2ccccc12. The Morgan fingerprint density at radius 3 is 2.52 bits per heavy atom.